The molecule has 1 unspecified atom stereocenters. The van der Waals surface area contributed by atoms with Gasteiger partial charge in [-0.2, -0.15) is 0 Å². The number of nitrogens with two attached hydrogens (primary N) is 1. The molecular weight excluding hydrogens is 424 g/mol. The zero-order chi connectivity index (χ0) is 19.3. The van der Waals surface area contributed by atoms with E-state index in [9.17, 15) is 4.79 Å². The summed E-state index contributed by atoms with van der Waals surface area (Å²) in [6.07, 6.45) is 0.746. The summed E-state index contributed by atoms with van der Waals surface area (Å²) < 4.78 is 0.943. The zero-order valence-corrected chi connectivity index (χ0v) is 17.0. The molecular formula is C22H20BrClN2O. The molecule has 0 aliphatic carbocycles. The van der Waals surface area contributed by atoms with Gasteiger partial charge in [0, 0.05) is 16.0 Å². The van der Waals surface area contributed by atoms with E-state index in [1.54, 1.807) is 0 Å². The minimum atomic E-state index is -1.10. The van der Waals surface area contributed by atoms with Crippen molar-refractivity contribution in [1.82, 2.24) is 5.32 Å². The van der Waals surface area contributed by atoms with Crippen molar-refractivity contribution in [2.45, 2.75) is 12.0 Å². The van der Waals surface area contributed by atoms with Gasteiger partial charge in [0.1, 0.15) is 5.54 Å². The van der Waals surface area contributed by atoms with Gasteiger partial charge in [0.25, 0.3) is 0 Å². The topological polar surface area (TPSA) is 55.1 Å². The average Bonchev–Trinajstić information content (AvgIpc) is 2.68. The lowest BCUT2D eigenvalue weighted by Crippen LogP contribution is -2.54. The van der Waals surface area contributed by atoms with Gasteiger partial charge in [-0.05, 0) is 47.4 Å². The van der Waals surface area contributed by atoms with Crippen LogP contribution in [-0.2, 0) is 16.8 Å². The van der Waals surface area contributed by atoms with Crippen molar-refractivity contribution < 1.29 is 4.79 Å². The number of hydrogen-bond acceptors (Lipinski definition) is 2. The highest BCUT2D eigenvalue weighted by atomic mass is 79.9. The van der Waals surface area contributed by atoms with Crippen LogP contribution in [0.4, 0.5) is 0 Å². The summed E-state index contributed by atoms with van der Waals surface area (Å²) in [6, 6.07) is 24.9. The zero-order valence-electron chi connectivity index (χ0n) is 14.7. The normalized spacial score (nSPS) is 13.1. The molecule has 0 radical (unpaired) electrons. The fourth-order valence-corrected chi connectivity index (χ4v) is 3.57. The highest BCUT2D eigenvalue weighted by Gasteiger charge is 2.39. The van der Waals surface area contributed by atoms with Crippen LogP contribution in [0.5, 0.6) is 0 Å². The van der Waals surface area contributed by atoms with Crippen LogP contribution in [0, 0.1) is 0 Å². The molecule has 0 aliphatic heterocycles. The molecule has 3 N–H and O–H groups in total. The molecule has 0 heterocycles. The molecule has 3 aromatic rings. The Kier molecular flexibility index (Phi) is 6.32. The van der Waals surface area contributed by atoms with Crippen molar-refractivity contribution in [3.8, 4) is 0 Å². The number of hydrogen-bond donors (Lipinski definition) is 2. The van der Waals surface area contributed by atoms with Gasteiger partial charge in [-0.25, -0.2) is 0 Å². The number of amides is 1. The third-order valence-electron chi connectivity index (χ3n) is 4.57. The van der Waals surface area contributed by atoms with E-state index >= 15 is 0 Å². The van der Waals surface area contributed by atoms with Crippen molar-refractivity contribution in [3.05, 3.63) is 105 Å². The van der Waals surface area contributed by atoms with E-state index < -0.39 is 11.4 Å². The highest BCUT2D eigenvalue weighted by molar-refractivity contribution is 9.10. The molecule has 0 fully saturated rings. The predicted molar refractivity (Wildman–Crippen MR) is 114 cm³/mol. The van der Waals surface area contributed by atoms with Crippen LogP contribution in [0.15, 0.2) is 83.3 Å². The van der Waals surface area contributed by atoms with E-state index in [1.807, 2.05) is 78.9 Å². The molecule has 0 bridgehead atoms. The van der Waals surface area contributed by atoms with E-state index in [-0.39, 0.29) is 0 Å². The number of nitrogens with one attached hydrogen (secondary N) is 1. The smallest absolute Gasteiger partial charge is 0.247 e. The van der Waals surface area contributed by atoms with Gasteiger partial charge in [-0.1, -0.05) is 82.1 Å². The Morgan fingerprint density at radius 2 is 1.52 bits per heavy atom. The molecule has 27 heavy (non-hydrogen) atoms. The Morgan fingerprint density at radius 3 is 2.11 bits per heavy atom. The van der Waals surface area contributed by atoms with Gasteiger partial charge < -0.3 is 5.73 Å². The maximum atomic E-state index is 12.7. The summed E-state index contributed by atoms with van der Waals surface area (Å²) in [6.45, 7) is 0.579. The van der Waals surface area contributed by atoms with Crippen LogP contribution < -0.4 is 11.1 Å². The summed E-state index contributed by atoms with van der Waals surface area (Å²) >= 11 is 9.40. The molecule has 1 amide bonds. The molecule has 0 saturated heterocycles. The van der Waals surface area contributed by atoms with Crippen molar-refractivity contribution in [1.29, 1.82) is 0 Å². The van der Waals surface area contributed by atoms with Crippen molar-refractivity contribution in [2.24, 2.45) is 5.73 Å². The standard InChI is InChI=1S/C22H20BrClN2O/c23-19-10-8-18(9-11-19)22(21(25)27,17-4-2-1-3-5-17)26-15-14-16-6-12-20(24)13-7-16/h1-13,26H,14-15H2,(H2,25,27). The molecule has 0 spiro atoms. The Bertz CT molecular complexity index is 898. The second-order valence-electron chi connectivity index (χ2n) is 6.29. The van der Waals surface area contributed by atoms with Gasteiger partial charge in [0.05, 0.1) is 0 Å². The first-order chi connectivity index (χ1) is 13.0. The van der Waals surface area contributed by atoms with Gasteiger partial charge >= 0.3 is 0 Å². The minimum absolute atomic E-state index is 0.438. The minimum Gasteiger partial charge on any atom is -0.367 e. The first kappa shape index (κ1) is 19.6. The average molecular weight is 444 g/mol. The first-order valence-electron chi connectivity index (χ1n) is 8.63. The highest BCUT2D eigenvalue weighted by Crippen LogP contribution is 2.30. The van der Waals surface area contributed by atoms with Gasteiger partial charge in [-0.15, -0.1) is 0 Å². The fourth-order valence-electron chi connectivity index (χ4n) is 3.18. The summed E-state index contributed by atoms with van der Waals surface area (Å²) in [7, 11) is 0. The van der Waals surface area contributed by atoms with E-state index in [0.29, 0.717) is 11.6 Å². The fraction of sp³-hybridized carbons (Fsp3) is 0.136. The van der Waals surface area contributed by atoms with Crippen LogP contribution in [-0.4, -0.2) is 12.5 Å². The Balaban J connectivity index is 1.94. The summed E-state index contributed by atoms with van der Waals surface area (Å²) in [5, 5.41) is 4.13. The third kappa shape index (κ3) is 4.41. The van der Waals surface area contributed by atoms with Crippen molar-refractivity contribution in [3.63, 3.8) is 0 Å². The number of carbonyl (C=O) groups is 1. The second kappa shape index (κ2) is 8.70. The van der Waals surface area contributed by atoms with E-state index in [2.05, 4.69) is 21.2 Å². The molecule has 0 aliphatic rings. The maximum absolute atomic E-state index is 12.7. The lowest BCUT2D eigenvalue weighted by atomic mass is 9.82. The molecule has 3 nitrogen and oxygen atoms in total. The molecule has 5 heteroatoms. The van der Waals surface area contributed by atoms with Crippen LogP contribution in [0.25, 0.3) is 0 Å². The maximum Gasteiger partial charge on any atom is 0.247 e. The van der Waals surface area contributed by atoms with Gasteiger partial charge in [-0.3, -0.25) is 10.1 Å². The number of halogens is 2. The van der Waals surface area contributed by atoms with E-state index in [1.165, 1.54) is 0 Å². The van der Waals surface area contributed by atoms with Crippen LogP contribution >= 0.6 is 27.5 Å². The Labute approximate surface area is 172 Å². The number of benzene rings is 3. The summed E-state index contributed by atoms with van der Waals surface area (Å²) in [5.41, 5.74) is 7.59. The second-order valence-corrected chi connectivity index (χ2v) is 7.64. The number of carbonyl (C=O) groups excluding carboxylic acids is 1. The molecule has 138 valence electrons. The van der Waals surface area contributed by atoms with Gasteiger partial charge in [0.2, 0.25) is 5.91 Å². The number of primary amides is 1. The number of rotatable bonds is 7. The van der Waals surface area contributed by atoms with Crippen LogP contribution in [0.1, 0.15) is 16.7 Å². The van der Waals surface area contributed by atoms with Crippen LogP contribution in [0.3, 0.4) is 0 Å². The van der Waals surface area contributed by atoms with Gasteiger partial charge in [0.15, 0.2) is 0 Å². The first-order valence-corrected chi connectivity index (χ1v) is 9.80. The molecule has 3 aromatic carbocycles. The van der Waals surface area contributed by atoms with E-state index in [0.717, 1.165) is 27.6 Å². The lowest BCUT2D eigenvalue weighted by molar-refractivity contribution is -0.123. The molecule has 0 aromatic heterocycles. The predicted octanol–water partition coefficient (Wildman–Crippen LogP) is 4.66. The van der Waals surface area contributed by atoms with E-state index in [4.69, 9.17) is 17.3 Å². The molecule has 1 atom stereocenters. The Morgan fingerprint density at radius 1 is 0.926 bits per heavy atom. The lowest BCUT2D eigenvalue weighted by Gasteiger charge is -2.33. The van der Waals surface area contributed by atoms with Crippen molar-refractivity contribution in [2.75, 3.05) is 6.54 Å². The summed E-state index contributed by atoms with van der Waals surface area (Å²) in [4.78, 5) is 12.7. The third-order valence-corrected chi connectivity index (χ3v) is 5.35. The van der Waals surface area contributed by atoms with Crippen LogP contribution in [0.2, 0.25) is 5.02 Å². The SMILES string of the molecule is NC(=O)C(NCCc1ccc(Cl)cc1)(c1ccccc1)c1ccc(Br)cc1. The van der Waals surface area contributed by atoms with Crippen molar-refractivity contribution >= 4 is 33.4 Å². The quantitative estimate of drug-likeness (QED) is 0.558. The molecule has 3 rings (SSSR count). The largest absolute Gasteiger partial charge is 0.367 e. The Hall–Kier alpha value is -2.14. The molecule has 0 saturated carbocycles. The summed E-state index contributed by atoms with van der Waals surface area (Å²) in [5.74, 6) is -0.438. The monoisotopic (exact) mass is 442 g/mol.